The van der Waals surface area contributed by atoms with Crippen LogP contribution in [0.1, 0.15) is 42.0 Å². The molecular weight excluding hydrogens is 310 g/mol. The molecule has 0 aliphatic carbocycles. The number of carbonyl (C=O) groups excluding carboxylic acids is 1. The Balaban J connectivity index is 2.02. The van der Waals surface area contributed by atoms with Crippen LogP contribution in [0.4, 0.5) is 0 Å². The molecule has 0 aromatic carbocycles. The smallest absolute Gasteiger partial charge is 0.260 e. The monoisotopic (exact) mass is 331 g/mol. The molecule has 2 atom stereocenters. The van der Waals surface area contributed by atoms with Gasteiger partial charge in [-0.2, -0.15) is 0 Å². The van der Waals surface area contributed by atoms with Gasteiger partial charge in [-0.15, -0.1) is 0 Å². The van der Waals surface area contributed by atoms with Gasteiger partial charge in [0.2, 0.25) is 0 Å². The first kappa shape index (κ1) is 16.6. The maximum atomic E-state index is 13.2. The first-order chi connectivity index (χ1) is 11.6. The molecule has 1 fully saturated rings. The van der Waals surface area contributed by atoms with Crippen LogP contribution in [-0.2, 0) is 4.74 Å². The molecule has 1 N–H and O–H groups in total. The summed E-state index contributed by atoms with van der Waals surface area (Å²) in [6.45, 7) is 2.70. The van der Waals surface area contributed by atoms with Gasteiger partial charge in [0.25, 0.3) is 5.91 Å². The van der Waals surface area contributed by atoms with Crippen LogP contribution in [0.5, 0.6) is 0 Å². The molecule has 7 heteroatoms. The number of hydrogen-bond donors (Lipinski definition) is 1. The van der Waals surface area contributed by atoms with Gasteiger partial charge in [0, 0.05) is 31.6 Å². The molecule has 3 rings (SSSR count). The van der Waals surface area contributed by atoms with E-state index >= 15 is 0 Å². The third-order valence-corrected chi connectivity index (χ3v) is 4.24. The summed E-state index contributed by atoms with van der Waals surface area (Å²) >= 11 is 0. The Morgan fingerprint density at radius 3 is 3.08 bits per heavy atom. The molecule has 1 saturated heterocycles. The van der Waals surface area contributed by atoms with Gasteiger partial charge in [0.05, 0.1) is 12.6 Å². The van der Waals surface area contributed by atoms with Crippen molar-refractivity contribution in [1.29, 1.82) is 0 Å². The summed E-state index contributed by atoms with van der Waals surface area (Å²) in [4.78, 5) is 19.0. The lowest BCUT2D eigenvalue weighted by molar-refractivity contribution is 0.0621. The third-order valence-electron chi connectivity index (χ3n) is 4.24. The number of carbonyl (C=O) groups is 1. The van der Waals surface area contributed by atoms with E-state index in [2.05, 4.69) is 10.1 Å². The number of aliphatic hydroxyl groups is 1. The van der Waals surface area contributed by atoms with E-state index in [4.69, 9.17) is 9.26 Å². The molecule has 0 saturated carbocycles. The number of aliphatic hydroxyl groups excluding tert-OH is 1. The second-order valence-electron chi connectivity index (χ2n) is 5.94. The fourth-order valence-corrected chi connectivity index (χ4v) is 3.11. The van der Waals surface area contributed by atoms with E-state index in [1.165, 1.54) is 0 Å². The Hall–Kier alpha value is -2.25. The fraction of sp³-hybridized carbons (Fsp3) is 0.471. The van der Waals surface area contributed by atoms with Crippen molar-refractivity contribution in [2.75, 3.05) is 20.3 Å². The highest BCUT2D eigenvalue weighted by Crippen LogP contribution is 2.32. The molecule has 128 valence electrons. The number of amides is 1. The zero-order chi connectivity index (χ0) is 17.1. The summed E-state index contributed by atoms with van der Waals surface area (Å²) < 4.78 is 10.5. The molecule has 0 bridgehead atoms. The number of aromatic nitrogens is 2. The second kappa shape index (κ2) is 7.11. The summed E-state index contributed by atoms with van der Waals surface area (Å²) in [7, 11) is 1.63. The number of nitrogens with zero attached hydrogens (tertiary/aromatic N) is 3. The van der Waals surface area contributed by atoms with E-state index in [9.17, 15) is 9.90 Å². The van der Waals surface area contributed by atoms with Gasteiger partial charge < -0.3 is 19.3 Å². The molecule has 3 heterocycles. The molecule has 1 aliphatic rings. The van der Waals surface area contributed by atoms with Crippen LogP contribution in [0.2, 0.25) is 0 Å². The van der Waals surface area contributed by atoms with Crippen LogP contribution in [0, 0.1) is 0 Å². The van der Waals surface area contributed by atoms with E-state index in [1.54, 1.807) is 37.4 Å². The van der Waals surface area contributed by atoms with Crippen molar-refractivity contribution in [3.05, 3.63) is 35.9 Å². The second-order valence-corrected chi connectivity index (χ2v) is 5.94. The summed E-state index contributed by atoms with van der Waals surface area (Å²) in [6, 6.07) is 3.61. The highest BCUT2D eigenvalue weighted by atomic mass is 16.5. The van der Waals surface area contributed by atoms with E-state index in [0.29, 0.717) is 30.0 Å². The normalized spacial score (nSPS) is 18.8. The number of rotatable bonds is 5. The number of likely N-dealkylation sites (tertiary alicyclic amines) is 1. The Morgan fingerprint density at radius 2 is 2.42 bits per heavy atom. The average molecular weight is 331 g/mol. The van der Waals surface area contributed by atoms with E-state index in [0.717, 1.165) is 12.8 Å². The van der Waals surface area contributed by atoms with Crippen molar-refractivity contribution in [1.82, 2.24) is 15.0 Å². The average Bonchev–Trinajstić information content (AvgIpc) is 3.22. The third kappa shape index (κ3) is 3.05. The zero-order valence-corrected chi connectivity index (χ0v) is 13.8. The van der Waals surface area contributed by atoms with Gasteiger partial charge >= 0.3 is 0 Å². The van der Waals surface area contributed by atoms with E-state index in [1.807, 2.05) is 6.07 Å². The number of methoxy groups -OCH3 is 1. The highest BCUT2D eigenvalue weighted by molar-refractivity contribution is 6.01. The zero-order valence-electron chi connectivity index (χ0n) is 13.8. The van der Waals surface area contributed by atoms with Gasteiger partial charge in [-0.3, -0.25) is 9.78 Å². The minimum absolute atomic E-state index is 0.0287. The van der Waals surface area contributed by atoms with Crippen molar-refractivity contribution < 1.29 is 19.2 Å². The van der Waals surface area contributed by atoms with Gasteiger partial charge in [-0.1, -0.05) is 5.16 Å². The molecule has 0 radical (unpaired) electrons. The fourth-order valence-electron chi connectivity index (χ4n) is 3.11. The maximum absolute atomic E-state index is 13.2. The Morgan fingerprint density at radius 1 is 1.58 bits per heavy atom. The van der Waals surface area contributed by atoms with Crippen molar-refractivity contribution in [3.63, 3.8) is 0 Å². The standard InChI is InChI=1S/C17H21N3O4/c1-11(21)16-14(15(19-24-16)12-5-3-7-18-9-12)17(22)20-8-4-6-13(20)10-23-2/h3,5,7,9,11,13,21H,4,6,8,10H2,1-2H3. The van der Waals surface area contributed by atoms with Crippen LogP contribution >= 0.6 is 0 Å². The molecule has 2 aromatic rings. The number of ether oxygens (including phenoxy) is 1. The topological polar surface area (TPSA) is 88.7 Å². The first-order valence-electron chi connectivity index (χ1n) is 8.01. The van der Waals surface area contributed by atoms with Gasteiger partial charge in [-0.25, -0.2) is 0 Å². The molecule has 24 heavy (non-hydrogen) atoms. The number of pyridine rings is 1. The Labute approximate surface area is 140 Å². The summed E-state index contributed by atoms with van der Waals surface area (Å²) in [5.41, 5.74) is 1.40. The van der Waals surface area contributed by atoms with E-state index < -0.39 is 6.10 Å². The van der Waals surface area contributed by atoms with Crippen molar-refractivity contribution >= 4 is 5.91 Å². The van der Waals surface area contributed by atoms with Crippen LogP contribution in [0.15, 0.2) is 29.0 Å². The molecular formula is C17H21N3O4. The van der Waals surface area contributed by atoms with Crippen LogP contribution in [0.25, 0.3) is 11.3 Å². The van der Waals surface area contributed by atoms with Crippen molar-refractivity contribution in [2.45, 2.75) is 31.9 Å². The lowest BCUT2D eigenvalue weighted by atomic mass is 10.0. The highest BCUT2D eigenvalue weighted by Gasteiger charge is 2.35. The molecule has 0 spiro atoms. The Bertz CT molecular complexity index is 699. The van der Waals surface area contributed by atoms with Crippen molar-refractivity contribution in [3.8, 4) is 11.3 Å². The van der Waals surface area contributed by atoms with Gasteiger partial charge in [0.1, 0.15) is 17.4 Å². The lowest BCUT2D eigenvalue weighted by Gasteiger charge is -2.24. The molecule has 2 aromatic heterocycles. The minimum Gasteiger partial charge on any atom is -0.385 e. The predicted octanol–water partition coefficient (Wildman–Crippen LogP) is 2.04. The minimum atomic E-state index is -0.926. The molecule has 1 aliphatic heterocycles. The molecule has 1 amide bonds. The maximum Gasteiger partial charge on any atom is 0.260 e. The van der Waals surface area contributed by atoms with E-state index in [-0.39, 0.29) is 17.7 Å². The molecule has 2 unspecified atom stereocenters. The predicted molar refractivity (Wildman–Crippen MR) is 86.3 cm³/mol. The summed E-state index contributed by atoms with van der Waals surface area (Å²) in [5.74, 6) is -0.00697. The lowest BCUT2D eigenvalue weighted by Crippen LogP contribution is -2.38. The summed E-state index contributed by atoms with van der Waals surface area (Å²) in [6.07, 6.45) is 4.17. The Kier molecular flexibility index (Phi) is 4.92. The SMILES string of the molecule is COCC1CCCN1C(=O)c1c(-c2cccnc2)noc1C(C)O. The van der Waals surface area contributed by atoms with Gasteiger partial charge in [0.15, 0.2) is 5.76 Å². The molecule has 7 nitrogen and oxygen atoms in total. The number of hydrogen-bond acceptors (Lipinski definition) is 6. The van der Waals surface area contributed by atoms with Gasteiger partial charge in [-0.05, 0) is 31.9 Å². The van der Waals surface area contributed by atoms with Crippen LogP contribution < -0.4 is 0 Å². The quantitative estimate of drug-likeness (QED) is 0.902. The van der Waals surface area contributed by atoms with Crippen LogP contribution in [0.3, 0.4) is 0 Å². The first-order valence-corrected chi connectivity index (χ1v) is 8.01. The van der Waals surface area contributed by atoms with Crippen molar-refractivity contribution in [2.24, 2.45) is 0 Å². The summed E-state index contributed by atoms with van der Waals surface area (Å²) in [5, 5.41) is 14.0. The largest absolute Gasteiger partial charge is 0.385 e. The van der Waals surface area contributed by atoms with Crippen LogP contribution in [-0.4, -0.2) is 52.4 Å².